The molecule has 1 saturated carbocycles. The topological polar surface area (TPSA) is 29.3 Å². The van der Waals surface area contributed by atoms with Crippen molar-refractivity contribution in [2.75, 3.05) is 13.6 Å². The summed E-state index contributed by atoms with van der Waals surface area (Å²) in [5, 5.41) is 0. The molecule has 0 amide bonds. The van der Waals surface area contributed by atoms with Crippen molar-refractivity contribution >= 4 is 0 Å². The van der Waals surface area contributed by atoms with Gasteiger partial charge in [-0.15, -0.1) is 0 Å². The standard InChI is InChI=1S/C12H24N2/c1-14-9-11(13)8-12(14)7-10-5-3-2-4-6-10/h10-12H,2-9,13H2,1H3. The van der Waals surface area contributed by atoms with Crippen molar-refractivity contribution in [3.63, 3.8) is 0 Å². The van der Waals surface area contributed by atoms with Crippen LogP contribution in [0.3, 0.4) is 0 Å². The molecule has 0 radical (unpaired) electrons. The van der Waals surface area contributed by atoms with Crippen molar-refractivity contribution in [1.29, 1.82) is 0 Å². The van der Waals surface area contributed by atoms with Gasteiger partial charge in [0, 0.05) is 18.6 Å². The van der Waals surface area contributed by atoms with Gasteiger partial charge < -0.3 is 10.6 Å². The summed E-state index contributed by atoms with van der Waals surface area (Å²) in [4.78, 5) is 2.47. The molecule has 2 unspecified atom stereocenters. The van der Waals surface area contributed by atoms with E-state index in [2.05, 4.69) is 11.9 Å². The van der Waals surface area contributed by atoms with Crippen molar-refractivity contribution in [1.82, 2.24) is 4.90 Å². The maximum atomic E-state index is 5.98. The molecule has 0 aromatic heterocycles. The molecular weight excluding hydrogens is 172 g/mol. The smallest absolute Gasteiger partial charge is 0.0182 e. The third-order valence-corrected chi connectivity index (χ3v) is 4.05. The number of hydrogen-bond acceptors (Lipinski definition) is 2. The number of hydrogen-bond donors (Lipinski definition) is 1. The molecule has 2 N–H and O–H groups in total. The van der Waals surface area contributed by atoms with Crippen LogP contribution in [-0.2, 0) is 0 Å². The zero-order valence-corrected chi connectivity index (χ0v) is 9.41. The lowest BCUT2D eigenvalue weighted by Gasteiger charge is -2.27. The van der Waals surface area contributed by atoms with Crippen LogP contribution in [0.5, 0.6) is 0 Å². The summed E-state index contributed by atoms with van der Waals surface area (Å²) in [6, 6.07) is 1.22. The molecular formula is C12H24N2. The normalized spacial score (nSPS) is 36.4. The van der Waals surface area contributed by atoms with Crippen LogP contribution in [0.25, 0.3) is 0 Å². The first-order valence-corrected chi connectivity index (χ1v) is 6.21. The third kappa shape index (κ3) is 2.48. The molecule has 1 aliphatic carbocycles. The summed E-state index contributed by atoms with van der Waals surface area (Å²) in [7, 11) is 2.24. The van der Waals surface area contributed by atoms with Crippen LogP contribution in [0.15, 0.2) is 0 Å². The van der Waals surface area contributed by atoms with Crippen LogP contribution in [0.2, 0.25) is 0 Å². The van der Waals surface area contributed by atoms with Gasteiger partial charge in [0.2, 0.25) is 0 Å². The Labute approximate surface area is 87.8 Å². The largest absolute Gasteiger partial charge is 0.326 e. The van der Waals surface area contributed by atoms with Crippen LogP contribution < -0.4 is 5.73 Å². The van der Waals surface area contributed by atoms with Crippen molar-refractivity contribution in [2.45, 2.75) is 57.0 Å². The highest BCUT2D eigenvalue weighted by Crippen LogP contribution is 2.31. The van der Waals surface area contributed by atoms with E-state index >= 15 is 0 Å². The second-order valence-corrected chi connectivity index (χ2v) is 5.33. The molecule has 0 aromatic rings. The molecule has 14 heavy (non-hydrogen) atoms. The van der Waals surface area contributed by atoms with Gasteiger partial charge >= 0.3 is 0 Å². The van der Waals surface area contributed by atoms with E-state index in [1.54, 1.807) is 0 Å². The Morgan fingerprint density at radius 3 is 2.50 bits per heavy atom. The van der Waals surface area contributed by atoms with Gasteiger partial charge in [0.25, 0.3) is 0 Å². The van der Waals surface area contributed by atoms with E-state index in [0.717, 1.165) is 18.5 Å². The average Bonchev–Trinajstić information content (AvgIpc) is 2.47. The minimum atomic E-state index is 0.439. The molecule has 2 rings (SSSR count). The molecule has 0 bridgehead atoms. The first kappa shape index (κ1) is 10.4. The van der Waals surface area contributed by atoms with Crippen LogP contribution in [0.1, 0.15) is 44.9 Å². The highest BCUT2D eigenvalue weighted by atomic mass is 15.2. The van der Waals surface area contributed by atoms with Crippen LogP contribution in [0, 0.1) is 5.92 Å². The fourth-order valence-electron chi connectivity index (χ4n) is 3.21. The monoisotopic (exact) mass is 196 g/mol. The molecule has 0 spiro atoms. The van der Waals surface area contributed by atoms with Gasteiger partial charge in [0.05, 0.1) is 0 Å². The number of likely N-dealkylation sites (N-methyl/N-ethyl adjacent to an activating group) is 1. The Morgan fingerprint density at radius 1 is 1.21 bits per heavy atom. The van der Waals surface area contributed by atoms with Gasteiger partial charge in [-0.25, -0.2) is 0 Å². The zero-order valence-electron chi connectivity index (χ0n) is 9.41. The highest BCUT2D eigenvalue weighted by molar-refractivity contribution is 4.87. The molecule has 2 fully saturated rings. The molecule has 82 valence electrons. The Balaban J connectivity index is 1.78. The lowest BCUT2D eigenvalue weighted by Crippen LogP contribution is -2.28. The first-order valence-electron chi connectivity index (χ1n) is 6.21. The van der Waals surface area contributed by atoms with Gasteiger partial charge in [-0.1, -0.05) is 32.1 Å². The fraction of sp³-hybridized carbons (Fsp3) is 1.00. The SMILES string of the molecule is CN1CC(N)CC1CC1CCCCC1. The second-order valence-electron chi connectivity index (χ2n) is 5.33. The molecule has 2 heteroatoms. The molecule has 1 aliphatic heterocycles. The molecule has 2 aliphatic rings. The van der Waals surface area contributed by atoms with E-state index < -0.39 is 0 Å². The third-order valence-electron chi connectivity index (χ3n) is 4.05. The minimum absolute atomic E-state index is 0.439. The summed E-state index contributed by atoms with van der Waals surface area (Å²) >= 11 is 0. The zero-order chi connectivity index (χ0) is 9.97. The molecule has 2 atom stereocenters. The van der Waals surface area contributed by atoms with E-state index in [4.69, 9.17) is 5.73 Å². The number of rotatable bonds is 2. The Bertz CT molecular complexity index is 175. The summed E-state index contributed by atoms with van der Waals surface area (Å²) in [5.74, 6) is 1.00. The van der Waals surface area contributed by atoms with Crippen molar-refractivity contribution in [3.8, 4) is 0 Å². The van der Waals surface area contributed by atoms with E-state index in [0.29, 0.717) is 6.04 Å². The summed E-state index contributed by atoms with van der Waals surface area (Å²) < 4.78 is 0. The molecule has 0 aromatic carbocycles. The van der Waals surface area contributed by atoms with Gasteiger partial charge in [-0.2, -0.15) is 0 Å². The van der Waals surface area contributed by atoms with Crippen molar-refractivity contribution < 1.29 is 0 Å². The van der Waals surface area contributed by atoms with Gasteiger partial charge in [-0.05, 0) is 25.8 Å². The quantitative estimate of drug-likeness (QED) is 0.732. The predicted molar refractivity (Wildman–Crippen MR) is 60.2 cm³/mol. The van der Waals surface area contributed by atoms with Crippen LogP contribution >= 0.6 is 0 Å². The van der Waals surface area contributed by atoms with Gasteiger partial charge in [0.15, 0.2) is 0 Å². The molecule has 1 saturated heterocycles. The predicted octanol–water partition coefficient (Wildman–Crippen LogP) is 1.99. The van der Waals surface area contributed by atoms with Gasteiger partial charge in [0.1, 0.15) is 0 Å². The second kappa shape index (κ2) is 4.63. The lowest BCUT2D eigenvalue weighted by molar-refractivity contribution is 0.229. The number of nitrogens with zero attached hydrogens (tertiary/aromatic N) is 1. The van der Waals surface area contributed by atoms with E-state index in [9.17, 15) is 0 Å². The van der Waals surface area contributed by atoms with E-state index in [-0.39, 0.29) is 0 Å². The van der Waals surface area contributed by atoms with Crippen LogP contribution in [-0.4, -0.2) is 30.6 Å². The van der Waals surface area contributed by atoms with Gasteiger partial charge in [-0.3, -0.25) is 0 Å². The van der Waals surface area contributed by atoms with E-state index in [1.807, 2.05) is 0 Å². The Kier molecular flexibility index (Phi) is 3.45. The average molecular weight is 196 g/mol. The Hall–Kier alpha value is -0.0800. The summed E-state index contributed by atoms with van der Waals surface area (Å²) in [5.41, 5.74) is 5.98. The maximum Gasteiger partial charge on any atom is 0.0182 e. The van der Waals surface area contributed by atoms with Crippen molar-refractivity contribution in [3.05, 3.63) is 0 Å². The number of likely N-dealkylation sites (tertiary alicyclic amines) is 1. The van der Waals surface area contributed by atoms with E-state index in [1.165, 1.54) is 44.9 Å². The maximum absolute atomic E-state index is 5.98. The minimum Gasteiger partial charge on any atom is -0.326 e. The molecule has 2 nitrogen and oxygen atoms in total. The Morgan fingerprint density at radius 2 is 1.93 bits per heavy atom. The first-order chi connectivity index (χ1) is 6.75. The molecule has 1 heterocycles. The van der Waals surface area contributed by atoms with Crippen molar-refractivity contribution in [2.24, 2.45) is 11.7 Å². The summed E-state index contributed by atoms with van der Waals surface area (Å²) in [6.07, 6.45) is 9.98. The lowest BCUT2D eigenvalue weighted by atomic mass is 9.84. The fourth-order valence-corrected chi connectivity index (χ4v) is 3.21. The summed E-state index contributed by atoms with van der Waals surface area (Å²) in [6.45, 7) is 1.11. The van der Waals surface area contributed by atoms with Crippen LogP contribution in [0.4, 0.5) is 0 Å². The highest BCUT2D eigenvalue weighted by Gasteiger charge is 2.29. The number of nitrogens with two attached hydrogens (primary N) is 1.